The molecule has 10 N–H and O–H groups in total. The molecule has 1 saturated heterocycles. The number of nitrogens with zero attached hydrogens (tertiary/aromatic N) is 6. The number of carboxylic acids is 1. The number of carbonyl (C=O) groups is 10. The SMILES string of the molecule is CCCCCC[C@H](NC(=O)COCCOCCNC(=O)[C@H](CCCCNC(=O)[C@H](CCCCNC(=O)CC(=O)Nc1ccccc1Oc1ccc(C(F)(F)F)cc1Cl)CC(=O)COCCOCCNC(=O)c1ccc(N2CCN(Cc3ccc(Cl)cc3)CC2)c([N+](=O)[O-])c1)NC(=O)COCCOCCNC(=O)C(NS(=O)(=O)c1ccc(N=Nc2ccc(N(C)C)cc2)cc1)C(C)C)C(=O)O. The van der Waals surface area contributed by atoms with Crippen LogP contribution in [-0.2, 0) is 94.3 Å². The summed E-state index contributed by atoms with van der Waals surface area (Å²) in [4.78, 5) is 150. The first-order valence-electron chi connectivity index (χ1n) is 44.6. The van der Waals surface area contributed by atoms with Crippen molar-refractivity contribution in [1.29, 1.82) is 0 Å². The number of nitro benzene ring substituents is 1. The van der Waals surface area contributed by atoms with E-state index >= 15 is 0 Å². The van der Waals surface area contributed by atoms with Crippen molar-refractivity contribution in [3.63, 3.8) is 0 Å². The maximum absolute atomic E-state index is 14.1. The van der Waals surface area contributed by atoms with E-state index in [1.54, 1.807) is 44.2 Å². The number of nitro groups is 1. The molecule has 43 heteroatoms. The number of rotatable bonds is 64. The molecule has 6 aromatic rings. The molecule has 0 aliphatic carbocycles. The van der Waals surface area contributed by atoms with Crippen LogP contribution in [0.3, 0.4) is 0 Å². The predicted molar refractivity (Wildman–Crippen MR) is 499 cm³/mol. The molecule has 1 aliphatic heterocycles. The van der Waals surface area contributed by atoms with Crippen LogP contribution in [0.15, 0.2) is 149 Å². The number of carbonyl (C=O) groups excluding carboxylic acids is 9. The van der Waals surface area contributed by atoms with Crippen LogP contribution in [-0.4, -0.2) is 253 Å². The number of Topliss-reactive ketones (excluding diaryl/α,β-unsaturated/α-hetero) is 1. The van der Waals surface area contributed by atoms with Crippen LogP contribution >= 0.6 is 23.2 Å². The fourth-order valence-corrected chi connectivity index (χ4v) is 15.3. The number of piperazine rings is 1. The summed E-state index contributed by atoms with van der Waals surface area (Å²) >= 11 is 12.2. The van der Waals surface area contributed by atoms with Gasteiger partial charge < -0.3 is 90.6 Å². The van der Waals surface area contributed by atoms with Crippen molar-refractivity contribution < 1.29 is 113 Å². The zero-order chi connectivity index (χ0) is 98.1. The number of halogens is 5. The topological polar surface area (TPSA) is 476 Å². The fraction of sp³-hybridized carbons (Fsp3) is 0.500. The standard InChI is InChI=1S/C92H122Cl2F3N15O22S/c1-6-7-8-9-19-77(91(122)123)105-85(117)62-133-54-50-129-47-40-101-89(120)76(104-84(116)61-132-53-51-130-48-41-102-90(121)86(63(2)3)108-135(126,127)73-33-29-70(30-34-73)107-106-69-27-31-71(32-28-69)109(4)5)18-13-15-38-99-87(118)65(16-12-14-37-98-82(114)58-83(115)103-75-17-10-11-20-81(75)134-80-36-24-67(57-74(80)94)92(95,96)97)55-72(113)60-131-52-49-128-46-39-100-88(119)66-23-35-78(79(56-66)112(124)125)111-44-42-110(43-45-111)59-64-21-25-68(93)26-22-64/h10-11,17,20-36,56-57,63,65,76-77,86,108H,6-9,12-16,18-19,37-55,58-62H2,1-5H3,(H,98,114)(H,99,118)(H,100,119)(H,101,120)(H,102,121)(H,103,115)(H,104,116)(H,105,117)(H,122,123)/t65-,76+,77+,86?/m1/s1. The second-order valence-corrected chi connectivity index (χ2v) is 34.7. The summed E-state index contributed by atoms with van der Waals surface area (Å²) in [7, 11) is -0.345. The van der Waals surface area contributed by atoms with Crippen LogP contribution in [0, 0.1) is 22.0 Å². The summed E-state index contributed by atoms with van der Waals surface area (Å²) in [6.45, 7) is 6.95. The minimum absolute atomic E-state index is 0.000188. The Balaban J connectivity index is 0.882. The predicted octanol–water partition coefficient (Wildman–Crippen LogP) is 10.8. The molecule has 6 aromatic carbocycles. The van der Waals surface area contributed by atoms with Gasteiger partial charge in [-0.2, -0.15) is 28.1 Å². The summed E-state index contributed by atoms with van der Waals surface area (Å²) in [5.74, 6) is -8.08. The lowest BCUT2D eigenvalue weighted by Crippen LogP contribution is -2.50. The monoisotopic (exact) mass is 1950 g/mol. The zero-order valence-corrected chi connectivity index (χ0v) is 78.7. The van der Waals surface area contributed by atoms with E-state index in [1.165, 1.54) is 48.5 Å². The number of azo groups is 1. The van der Waals surface area contributed by atoms with Crippen molar-refractivity contribution >= 4 is 126 Å². The number of nitrogens with one attached hydrogen (secondary N) is 9. The van der Waals surface area contributed by atoms with Crippen molar-refractivity contribution in [1.82, 2.24) is 46.8 Å². The first-order chi connectivity index (χ1) is 64.7. The van der Waals surface area contributed by atoms with Crippen molar-refractivity contribution in [3.05, 3.63) is 170 Å². The molecule has 135 heavy (non-hydrogen) atoms. The second kappa shape index (κ2) is 59.5. The lowest BCUT2D eigenvalue weighted by atomic mass is 9.95. The Kier molecular flexibility index (Phi) is 48.7. The number of benzene rings is 6. The summed E-state index contributed by atoms with van der Waals surface area (Å²) in [6.07, 6.45) is -0.654. The molecule has 0 spiro atoms. The number of unbranched alkanes of at least 4 members (excludes halogenated alkanes) is 5. The molecule has 8 amide bonds. The van der Waals surface area contributed by atoms with E-state index in [9.17, 15) is 84.8 Å². The van der Waals surface area contributed by atoms with Gasteiger partial charge >= 0.3 is 12.1 Å². The van der Waals surface area contributed by atoms with Crippen LogP contribution < -0.4 is 61.8 Å². The highest BCUT2D eigenvalue weighted by molar-refractivity contribution is 7.89. The van der Waals surface area contributed by atoms with Gasteiger partial charge in [0.15, 0.2) is 11.5 Å². The Morgan fingerprint density at radius 3 is 1.72 bits per heavy atom. The number of hydrogen-bond donors (Lipinski definition) is 10. The van der Waals surface area contributed by atoms with Gasteiger partial charge in [0, 0.05) is 114 Å². The molecule has 1 aliphatic rings. The number of alkyl halides is 3. The molecule has 0 aromatic heterocycles. The third kappa shape index (κ3) is 41.8. The average Bonchev–Trinajstić information content (AvgIpc) is 0.829. The van der Waals surface area contributed by atoms with Gasteiger partial charge in [0.2, 0.25) is 51.4 Å². The van der Waals surface area contributed by atoms with E-state index in [2.05, 4.69) is 62.4 Å². The maximum Gasteiger partial charge on any atom is 0.416 e. The number of amides is 8. The van der Waals surface area contributed by atoms with Gasteiger partial charge in [0.1, 0.15) is 55.8 Å². The van der Waals surface area contributed by atoms with E-state index in [-0.39, 0.29) is 175 Å². The van der Waals surface area contributed by atoms with Gasteiger partial charge in [0.05, 0.1) is 96.9 Å². The van der Waals surface area contributed by atoms with Crippen LogP contribution in [0.2, 0.25) is 10.0 Å². The van der Waals surface area contributed by atoms with E-state index in [0.717, 1.165) is 42.6 Å². The van der Waals surface area contributed by atoms with Gasteiger partial charge in [-0.3, -0.25) is 58.2 Å². The number of carboxylic acid groups (broad SMARTS) is 1. The van der Waals surface area contributed by atoms with E-state index < -0.39 is 142 Å². The minimum atomic E-state index is -4.66. The summed E-state index contributed by atoms with van der Waals surface area (Å²) in [5.41, 5.74) is 2.44. The van der Waals surface area contributed by atoms with Crippen molar-refractivity contribution in [3.8, 4) is 11.5 Å². The smallest absolute Gasteiger partial charge is 0.416 e. The summed E-state index contributed by atoms with van der Waals surface area (Å²) in [6, 6.07) is 30.1. The molecule has 7 rings (SSSR count). The minimum Gasteiger partial charge on any atom is -0.480 e. The molecule has 0 radical (unpaired) electrons. The Labute approximate surface area is 793 Å². The number of aliphatic carboxylic acids is 1. The molecule has 1 unspecified atom stereocenters. The van der Waals surface area contributed by atoms with Crippen molar-refractivity contribution in [2.45, 2.75) is 140 Å². The van der Waals surface area contributed by atoms with Gasteiger partial charge in [-0.25, -0.2) is 13.2 Å². The third-order valence-electron chi connectivity index (χ3n) is 20.9. The van der Waals surface area contributed by atoms with Gasteiger partial charge in [-0.15, -0.1) is 0 Å². The Morgan fingerprint density at radius 1 is 0.570 bits per heavy atom. The van der Waals surface area contributed by atoms with E-state index in [1.807, 2.05) is 67.2 Å². The highest BCUT2D eigenvalue weighted by atomic mass is 35.5. The number of sulfonamides is 1. The van der Waals surface area contributed by atoms with E-state index in [0.29, 0.717) is 73.7 Å². The first kappa shape index (κ1) is 111. The molecule has 738 valence electrons. The van der Waals surface area contributed by atoms with E-state index in [4.69, 9.17) is 56.4 Å². The quantitative estimate of drug-likeness (QED) is 0.00557. The number of anilines is 3. The zero-order valence-electron chi connectivity index (χ0n) is 76.3. The Bertz CT molecular complexity index is 4950. The van der Waals surface area contributed by atoms with Gasteiger partial charge in [-0.1, -0.05) is 100 Å². The first-order valence-corrected chi connectivity index (χ1v) is 46.8. The normalized spacial score (nSPS) is 13.3. The number of ether oxygens (including phenoxy) is 7. The molecule has 1 heterocycles. The van der Waals surface area contributed by atoms with Crippen LogP contribution in [0.4, 0.5) is 47.3 Å². The Morgan fingerprint density at radius 2 is 1.13 bits per heavy atom. The van der Waals surface area contributed by atoms with Crippen molar-refractivity contribution in [2.75, 3.05) is 167 Å². The highest BCUT2D eigenvalue weighted by Crippen LogP contribution is 2.39. The third-order valence-corrected chi connectivity index (χ3v) is 22.9. The Hall–Kier alpha value is -11.4. The lowest BCUT2D eigenvalue weighted by molar-refractivity contribution is -0.384. The molecular formula is C92H122Cl2F3N15O22S. The fourth-order valence-electron chi connectivity index (χ4n) is 13.6. The molecule has 0 saturated carbocycles. The van der Waals surface area contributed by atoms with Crippen molar-refractivity contribution in [2.24, 2.45) is 22.1 Å². The molecular weight excluding hydrogens is 1830 g/mol. The molecule has 4 atom stereocenters. The van der Waals surface area contributed by atoms with Crippen LogP contribution in [0.25, 0.3) is 0 Å². The largest absolute Gasteiger partial charge is 0.480 e. The molecule has 1 fully saturated rings. The second-order valence-electron chi connectivity index (χ2n) is 32.1. The van der Waals surface area contributed by atoms with Gasteiger partial charge in [-0.05, 0) is 153 Å². The van der Waals surface area contributed by atoms with Crippen LogP contribution in [0.5, 0.6) is 11.5 Å². The lowest BCUT2D eigenvalue weighted by Gasteiger charge is -2.35. The summed E-state index contributed by atoms with van der Waals surface area (Å²) < 4.78 is 109. The number of hydrogen-bond acceptors (Lipinski definition) is 26. The van der Waals surface area contributed by atoms with Crippen LogP contribution in [0.1, 0.15) is 126 Å². The molecule has 37 nitrogen and oxygen atoms in total. The van der Waals surface area contributed by atoms with Gasteiger partial charge in [0.25, 0.3) is 11.6 Å². The maximum atomic E-state index is 14.1. The highest BCUT2D eigenvalue weighted by Gasteiger charge is 2.33. The number of ketones is 1. The molecule has 0 bridgehead atoms. The average molecular weight is 1950 g/mol. The number of para-hydroxylation sites is 2. The summed E-state index contributed by atoms with van der Waals surface area (Å²) in [5, 5.41) is 51.9.